The second-order valence-electron chi connectivity index (χ2n) is 13.0. The summed E-state index contributed by atoms with van der Waals surface area (Å²) in [5.41, 5.74) is 0. The zero-order valence-electron chi connectivity index (χ0n) is 28.7. The number of rotatable bonds is 22. The van der Waals surface area contributed by atoms with Gasteiger partial charge >= 0.3 is 0 Å². The summed E-state index contributed by atoms with van der Waals surface area (Å²) in [5, 5.41) is 2.19. The van der Waals surface area contributed by atoms with Crippen LogP contribution in [0.1, 0.15) is 126 Å². The third kappa shape index (κ3) is 10.2. The van der Waals surface area contributed by atoms with Crippen molar-refractivity contribution in [2.24, 2.45) is 0 Å². The molecule has 0 aromatic carbocycles. The van der Waals surface area contributed by atoms with Crippen LogP contribution in [0.15, 0.2) is 48.5 Å². The summed E-state index contributed by atoms with van der Waals surface area (Å²) in [4.78, 5) is 23.2. The molecule has 6 aromatic heterocycles. The van der Waals surface area contributed by atoms with E-state index in [-0.39, 0.29) is 0 Å². The Bertz CT molecular complexity index is 1630. The van der Waals surface area contributed by atoms with Gasteiger partial charge in [-0.05, 0) is 74.2 Å². The number of aryl methyl sites for hydroxylation is 2. The molecular formula is C40H50N2S6. The molecule has 6 aromatic rings. The Morgan fingerprint density at radius 3 is 1.10 bits per heavy atom. The zero-order chi connectivity index (χ0) is 33.0. The molecule has 0 N–H and O–H groups in total. The van der Waals surface area contributed by atoms with Crippen LogP contribution in [0.3, 0.4) is 0 Å². The van der Waals surface area contributed by atoms with Crippen LogP contribution in [0, 0.1) is 0 Å². The lowest BCUT2D eigenvalue weighted by Crippen LogP contribution is -1.83. The molecule has 8 heteroatoms. The number of thiophene rings is 4. The van der Waals surface area contributed by atoms with E-state index in [1.54, 1.807) is 22.7 Å². The Hall–Kier alpha value is -1.68. The zero-order valence-corrected chi connectivity index (χ0v) is 33.6. The van der Waals surface area contributed by atoms with Crippen molar-refractivity contribution in [3.05, 3.63) is 58.3 Å². The van der Waals surface area contributed by atoms with E-state index < -0.39 is 0 Å². The monoisotopic (exact) mass is 750 g/mol. The van der Waals surface area contributed by atoms with E-state index in [1.165, 1.54) is 155 Å². The second-order valence-corrected chi connectivity index (χ2v) is 19.4. The van der Waals surface area contributed by atoms with Crippen molar-refractivity contribution in [2.75, 3.05) is 0 Å². The van der Waals surface area contributed by atoms with Crippen molar-refractivity contribution in [3.63, 3.8) is 0 Å². The van der Waals surface area contributed by atoms with E-state index >= 15 is 0 Å². The van der Waals surface area contributed by atoms with Crippen LogP contribution in [0.25, 0.3) is 48.9 Å². The van der Waals surface area contributed by atoms with Gasteiger partial charge in [0, 0.05) is 29.3 Å². The van der Waals surface area contributed by atoms with Crippen LogP contribution in [0.4, 0.5) is 0 Å². The molecule has 6 rings (SSSR count). The van der Waals surface area contributed by atoms with E-state index in [0.29, 0.717) is 0 Å². The highest BCUT2D eigenvalue weighted by molar-refractivity contribution is 7.33. The third-order valence-electron chi connectivity index (χ3n) is 8.97. The molecule has 0 amide bonds. The Kier molecular flexibility index (Phi) is 14.4. The molecular weight excluding hydrogens is 701 g/mol. The van der Waals surface area contributed by atoms with E-state index in [9.17, 15) is 0 Å². The summed E-state index contributed by atoms with van der Waals surface area (Å²) >= 11 is 11.1. The molecule has 0 aliphatic heterocycles. The van der Waals surface area contributed by atoms with Gasteiger partial charge in [0.05, 0.1) is 9.75 Å². The first kappa shape index (κ1) is 36.1. The molecule has 48 heavy (non-hydrogen) atoms. The van der Waals surface area contributed by atoms with Gasteiger partial charge in [-0.25, -0.2) is 9.97 Å². The lowest BCUT2D eigenvalue weighted by molar-refractivity contribution is 0.576. The molecule has 0 fully saturated rings. The van der Waals surface area contributed by atoms with Crippen molar-refractivity contribution in [2.45, 2.75) is 129 Å². The van der Waals surface area contributed by atoms with Crippen molar-refractivity contribution < 1.29 is 0 Å². The molecule has 2 nitrogen and oxygen atoms in total. The van der Waals surface area contributed by atoms with E-state index in [1.807, 2.05) is 45.3 Å². The standard InChI is InChI=1S/C40H50N2S6/c1-3-5-7-9-11-13-15-17-19-29-21-23-31(43-29)33-25-27-35(45-33)37-41-39-40(47-37)42-38(48-39)36-28-26-34(46-36)32-24-22-30(44-32)20-18-16-14-12-10-8-6-4-2/h21-28H,3-20H2,1-2H3. The fourth-order valence-corrected chi connectivity index (χ4v) is 12.6. The smallest absolute Gasteiger partial charge is 0.155 e. The van der Waals surface area contributed by atoms with Crippen LogP contribution < -0.4 is 0 Å². The minimum atomic E-state index is 1.06. The van der Waals surface area contributed by atoms with Gasteiger partial charge in [-0.15, -0.1) is 45.3 Å². The number of aromatic nitrogens is 2. The second kappa shape index (κ2) is 19.1. The molecule has 0 spiro atoms. The minimum Gasteiger partial charge on any atom is -0.222 e. The van der Waals surface area contributed by atoms with Crippen LogP contribution in [0.2, 0.25) is 0 Å². The molecule has 0 unspecified atom stereocenters. The van der Waals surface area contributed by atoms with E-state index in [4.69, 9.17) is 9.97 Å². The first-order chi connectivity index (χ1) is 23.7. The topological polar surface area (TPSA) is 25.8 Å². The highest BCUT2D eigenvalue weighted by Gasteiger charge is 2.17. The van der Waals surface area contributed by atoms with Crippen LogP contribution in [-0.2, 0) is 12.8 Å². The molecule has 0 saturated heterocycles. The minimum absolute atomic E-state index is 1.06. The Morgan fingerprint density at radius 1 is 0.354 bits per heavy atom. The lowest BCUT2D eigenvalue weighted by Gasteiger charge is -2.00. The number of thiazole rings is 2. The molecule has 0 atom stereocenters. The SMILES string of the molecule is CCCCCCCCCCc1ccc(-c2ccc(-c3nc4sc(-c5ccc(-c6ccc(CCCCCCCCCC)s6)s5)nc4s3)s2)s1. The summed E-state index contributed by atoms with van der Waals surface area (Å²) in [6, 6.07) is 18.4. The molecule has 0 aliphatic carbocycles. The predicted molar refractivity (Wildman–Crippen MR) is 221 cm³/mol. The van der Waals surface area contributed by atoms with Gasteiger partial charge in [0.15, 0.2) is 9.66 Å². The highest BCUT2D eigenvalue weighted by atomic mass is 32.1. The maximum absolute atomic E-state index is 5.05. The Balaban J connectivity index is 0.984. The Morgan fingerprint density at radius 2 is 0.688 bits per heavy atom. The quantitative estimate of drug-likeness (QED) is 0.0646. The maximum atomic E-state index is 5.05. The van der Waals surface area contributed by atoms with Crippen molar-refractivity contribution in [1.82, 2.24) is 9.97 Å². The normalized spacial score (nSPS) is 11.8. The number of nitrogens with zero attached hydrogens (tertiary/aromatic N) is 2. The fourth-order valence-electron chi connectivity index (χ4n) is 6.18. The largest absolute Gasteiger partial charge is 0.222 e. The van der Waals surface area contributed by atoms with Crippen LogP contribution >= 0.6 is 68.0 Å². The number of hydrogen-bond acceptors (Lipinski definition) is 8. The lowest BCUT2D eigenvalue weighted by atomic mass is 10.1. The van der Waals surface area contributed by atoms with Crippen molar-refractivity contribution >= 4 is 77.7 Å². The molecule has 0 aliphatic rings. The predicted octanol–water partition coefficient (Wildman–Crippen LogP) is 16.0. The molecule has 0 radical (unpaired) electrons. The van der Waals surface area contributed by atoms with Gasteiger partial charge in [-0.2, -0.15) is 0 Å². The van der Waals surface area contributed by atoms with Crippen molar-refractivity contribution in [1.29, 1.82) is 0 Å². The third-order valence-corrected chi connectivity index (χ3v) is 16.2. The molecule has 256 valence electrons. The average molecular weight is 751 g/mol. The van der Waals surface area contributed by atoms with Gasteiger partial charge in [-0.1, -0.05) is 126 Å². The van der Waals surface area contributed by atoms with Gasteiger partial charge in [0.25, 0.3) is 0 Å². The number of hydrogen-bond donors (Lipinski definition) is 0. The Labute approximate surface area is 312 Å². The first-order valence-corrected chi connectivity index (χ1v) is 23.3. The van der Waals surface area contributed by atoms with Crippen LogP contribution in [-0.4, -0.2) is 9.97 Å². The van der Waals surface area contributed by atoms with Gasteiger partial charge in [0.1, 0.15) is 10.0 Å². The van der Waals surface area contributed by atoms with Gasteiger partial charge < -0.3 is 0 Å². The molecule has 6 heterocycles. The van der Waals surface area contributed by atoms with Gasteiger partial charge in [-0.3, -0.25) is 0 Å². The number of unbranched alkanes of at least 4 members (excludes halogenated alkanes) is 14. The van der Waals surface area contributed by atoms with Gasteiger partial charge in [0.2, 0.25) is 0 Å². The van der Waals surface area contributed by atoms with Crippen LogP contribution in [0.5, 0.6) is 0 Å². The summed E-state index contributed by atoms with van der Waals surface area (Å²) in [7, 11) is 0. The first-order valence-electron chi connectivity index (χ1n) is 18.4. The molecule has 0 bridgehead atoms. The van der Waals surface area contributed by atoms with E-state index in [2.05, 4.69) is 62.4 Å². The summed E-state index contributed by atoms with van der Waals surface area (Å²) in [6.45, 7) is 4.58. The summed E-state index contributed by atoms with van der Waals surface area (Å²) < 4.78 is 0. The fraction of sp³-hybridized carbons (Fsp3) is 0.500. The maximum Gasteiger partial charge on any atom is 0.155 e. The number of fused-ring (bicyclic) bond motifs is 1. The van der Waals surface area contributed by atoms with Crippen molar-refractivity contribution in [3.8, 4) is 39.3 Å². The summed E-state index contributed by atoms with van der Waals surface area (Å²) in [6.07, 6.45) is 24.5. The average Bonchev–Trinajstić information content (AvgIpc) is 3.93. The molecule has 0 saturated carbocycles. The summed E-state index contributed by atoms with van der Waals surface area (Å²) in [5.74, 6) is 0. The highest BCUT2D eigenvalue weighted by Crippen LogP contribution is 2.44. The van der Waals surface area contributed by atoms with E-state index in [0.717, 1.165) is 19.7 Å².